The quantitative estimate of drug-likeness (QED) is 0.605. The third-order valence-corrected chi connectivity index (χ3v) is 5.34. The van der Waals surface area contributed by atoms with E-state index < -0.39 is 0 Å². The van der Waals surface area contributed by atoms with Crippen LogP contribution >= 0.6 is 0 Å². The standard InChI is InChI=1S/C24H26FN5O/c1-29(17-24(31)30-14-12-22(28-30)18-7-3-2-4-8-18)13-6-11-21-16-23(27-26-21)19-9-5-10-20(25)15-19/h2-5,7-10,15-16H,6,11-14,17H2,1H3,(H,26,27). The molecule has 160 valence electrons. The molecular formula is C24H26FN5O. The number of benzene rings is 2. The molecule has 0 aliphatic carbocycles. The lowest BCUT2D eigenvalue weighted by atomic mass is 10.1. The summed E-state index contributed by atoms with van der Waals surface area (Å²) in [6.07, 6.45) is 2.47. The minimum absolute atomic E-state index is 0.0170. The molecule has 6 nitrogen and oxygen atoms in total. The zero-order valence-electron chi connectivity index (χ0n) is 17.6. The zero-order valence-corrected chi connectivity index (χ0v) is 17.6. The van der Waals surface area contributed by atoms with Gasteiger partial charge in [0, 0.05) is 17.7 Å². The Labute approximate surface area is 181 Å². The van der Waals surface area contributed by atoms with Crippen LogP contribution < -0.4 is 0 Å². The van der Waals surface area contributed by atoms with E-state index in [1.54, 1.807) is 11.1 Å². The molecule has 1 aromatic heterocycles. The number of aryl methyl sites for hydroxylation is 1. The molecule has 0 radical (unpaired) electrons. The SMILES string of the molecule is CN(CCCc1cc(-c2cccc(F)c2)n[nH]1)CC(=O)N1CCC(c2ccccc2)=N1. The largest absolute Gasteiger partial charge is 0.298 e. The number of H-pyrrole nitrogens is 1. The van der Waals surface area contributed by atoms with Gasteiger partial charge in [0.1, 0.15) is 5.82 Å². The number of hydrogen-bond donors (Lipinski definition) is 1. The number of rotatable bonds is 8. The van der Waals surface area contributed by atoms with E-state index in [-0.39, 0.29) is 11.7 Å². The minimum Gasteiger partial charge on any atom is -0.298 e. The third kappa shape index (κ3) is 5.44. The van der Waals surface area contributed by atoms with Gasteiger partial charge < -0.3 is 0 Å². The lowest BCUT2D eigenvalue weighted by molar-refractivity contribution is -0.131. The van der Waals surface area contributed by atoms with Crippen LogP contribution in [0.2, 0.25) is 0 Å². The topological polar surface area (TPSA) is 64.6 Å². The van der Waals surface area contributed by atoms with Crippen molar-refractivity contribution in [1.29, 1.82) is 0 Å². The number of halogens is 1. The van der Waals surface area contributed by atoms with E-state index in [0.29, 0.717) is 13.1 Å². The summed E-state index contributed by atoms with van der Waals surface area (Å²) in [4.78, 5) is 14.6. The van der Waals surface area contributed by atoms with E-state index >= 15 is 0 Å². The van der Waals surface area contributed by atoms with Gasteiger partial charge in [-0.25, -0.2) is 9.40 Å². The molecule has 2 aromatic carbocycles. The number of carbonyl (C=O) groups excluding carboxylic acids is 1. The first kappa shape index (κ1) is 20.9. The van der Waals surface area contributed by atoms with Crippen molar-refractivity contribution in [2.24, 2.45) is 5.10 Å². The summed E-state index contributed by atoms with van der Waals surface area (Å²) >= 11 is 0. The highest BCUT2D eigenvalue weighted by Crippen LogP contribution is 2.19. The maximum Gasteiger partial charge on any atom is 0.256 e. The molecule has 1 aliphatic rings. The Balaban J connectivity index is 1.23. The van der Waals surface area contributed by atoms with Crippen LogP contribution in [0.15, 0.2) is 65.8 Å². The predicted molar refractivity (Wildman–Crippen MR) is 119 cm³/mol. The van der Waals surface area contributed by atoms with Crippen LogP contribution in [0.5, 0.6) is 0 Å². The van der Waals surface area contributed by atoms with Gasteiger partial charge in [-0.3, -0.25) is 14.8 Å². The van der Waals surface area contributed by atoms with Crippen LogP contribution in [-0.2, 0) is 11.2 Å². The molecule has 2 heterocycles. The Morgan fingerprint density at radius 1 is 1.13 bits per heavy atom. The fourth-order valence-corrected chi connectivity index (χ4v) is 3.69. The molecule has 0 spiro atoms. The Bertz CT molecular complexity index is 1060. The van der Waals surface area contributed by atoms with Crippen molar-refractivity contribution < 1.29 is 9.18 Å². The van der Waals surface area contributed by atoms with Gasteiger partial charge in [-0.15, -0.1) is 0 Å². The molecular weight excluding hydrogens is 393 g/mol. The Kier molecular flexibility index (Phi) is 6.52. The van der Waals surface area contributed by atoms with Crippen LogP contribution in [0.1, 0.15) is 24.1 Å². The molecule has 4 rings (SSSR count). The van der Waals surface area contributed by atoms with Gasteiger partial charge in [-0.1, -0.05) is 42.5 Å². The first-order chi connectivity index (χ1) is 15.1. The predicted octanol–water partition coefficient (Wildman–Crippen LogP) is 3.72. The van der Waals surface area contributed by atoms with E-state index in [1.807, 2.05) is 54.4 Å². The van der Waals surface area contributed by atoms with Crippen LogP contribution in [0, 0.1) is 5.82 Å². The average Bonchev–Trinajstić information content (AvgIpc) is 3.45. The third-order valence-electron chi connectivity index (χ3n) is 5.34. The van der Waals surface area contributed by atoms with E-state index in [4.69, 9.17) is 0 Å². The van der Waals surface area contributed by atoms with Crippen molar-refractivity contribution in [1.82, 2.24) is 20.1 Å². The van der Waals surface area contributed by atoms with E-state index in [9.17, 15) is 9.18 Å². The second kappa shape index (κ2) is 9.66. The van der Waals surface area contributed by atoms with Crippen molar-refractivity contribution in [3.8, 4) is 11.3 Å². The molecule has 0 unspecified atom stereocenters. The van der Waals surface area contributed by atoms with Gasteiger partial charge in [-0.05, 0) is 50.2 Å². The van der Waals surface area contributed by atoms with Crippen molar-refractivity contribution in [2.45, 2.75) is 19.3 Å². The monoisotopic (exact) mass is 419 g/mol. The van der Waals surface area contributed by atoms with Crippen LogP contribution in [0.3, 0.4) is 0 Å². The highest BCUT2D eigenvalue weighted by Gasteiger charge is 2.22. The van der Waals surface area contributed by atoms with E-state index in [0.717, 1.165) is 54.0 Å². The van der Waals surface area contributed by atoms with Gasteiger partial charge in [0.15, 0.2) is 0 Å². The van der Waals surface area contributed by atoms with Gasteiger partial charge in [-0.2, -0.15) is 10.2 Å². The van der Waals surface area contributed by atoms with Crippen molar-refractivity contribution >= 4 is 11.6 Å². The molecule has 31 heavy (non-hydrogen) atoms. The van der Waals surface area contributed by atoms with E-state index in [2.05, 4.69) is 15.3 Å². The fourth-order valence-electron chi connectivity index (χ4n) is 3.69. The number of hydrazone groups is 1. The van der Waals surface area contributed by atoms with Gasteiger partial charge in [0.25, 0.3) is 5.91 Å². The molecule has 3 aromatic rings. The average molecular weight is 420 g/mol. The van der Waals surface area contributed by atoms with Crippen molar-refractivity contribution in [2.75, 3.05) is 26.7 Å². The number of aromatic nitrogens is 2. The Morgan fingerprint density at radius 3 is 2.74 bits per heavy atom. The highest BCUT2D eigenvalue weighted by molar-refractivity contribution is 6.02. The smallest absolute Gasteiger partial charge is 0.256 e. The summed E-state index contributed by atoms with van der Waals surface area (Å²) in [7, 11) is 1.95. The Hall–Kier alpha value is -3.32. The van der Waals surface area contributed by atoms with Crippen LogP contribution in [-0.4, -0.2) is 58.4 Å². The summed E-state index contributed by atoms with van der Waals surface area (Å²) < 4.78 is 13.4. The van der Waals surface area contributed by atoms with Gasteiger partial charge in [0.2, 0.25) is 0 Å². The maximum absolute atomic E-state index is 13.4. The van der Waals surface area contributed by atoms with Crippen molar-refractivity contribution in [3.63, 3.8) is 0 Å². The highest BCUT2D eigenvalue weighted by atomic mass is 19.1. The van der Waals surface area contributed by atoms with E-state index in [1.165, 1.54) is 12.1 Å². The Morgan fingerprint density at radius 2 is 1.94 bits per heavy atom. The molecule has 0 fully saturated rings. The number of nitrogens with zero attached hydrogens (tertiary/aromatic N) is 4. The second-order valence-corrected chi connectivity index (χ2v) is 7.81. The molecule has 0 saturated heterocycles. The zero-order chi connectivity index (χ0) is 21.6. The first-order valence-corrected chi connectivity index (χ1v) is 10.5. The second-order valence-electron chi connectivity index (χ2n) is 7.81. The molecule has 1 amide bonds. The molecule has 1 aliphatic heterocycles. The summed E-state index contributed by atoms with van der Waals surface area (Å²) in [5.41, 5.74) is 4.52. The summed E-state index contributed by atoms with van der Waals surface area (Å²) in [5, 5.41) is 13.4. The normalized spacial score (nSPS) is 13.6. The van der Waals surface area contributed by atoms with Crippen LogP contribution in [0.25, 0.3) is 11.3 Å². The lowest BCUT2D eigenvalue weighted by Gasteiger charge is -2.18. The molecule has 0 saturated carbocycles. The lowest BCUT2D eigenvalue weighted by Crippen LogP contribution is -2.35. The minimum atomic E-state index is -0.272. The molecule has 0 bridgehead atoms. The summed E-state index contributed by atoms with van der Waals surface area (Å²) in [6, 6.07) is 18.3. The summed E-state index contributed by atoms with van der Waals surface area (Å²) in [6.45, 7) is 1.75. The number of likely N-dealkylation sites (N-methyl/N-ethyl adjacent to an activating group) is 1. The number of nitrogens with one attached hydrogen (secondary N) is 1. The number of aromatic amines is 1. The number of hydrogen-bond acceptors (Lipinski definition) is 4. The van der Waals surface area contributed by atoms with Gasteiger partial charge >= 0.3 is 0 Å². The fraction of sp³-hybridized carbons (Fsp3) is 0.292. The first-order valence-electron chi connectivity index (χ1n) is 10.5. The number of carbonyl (C=O) groups is 1. The summed E-state index contributed by atoms with van der Waals surface area (Å²) in [5.74, 6) is -0.255. The van der Waals surface area contributed by atoms with Crippen molar-refractivity contribution in [3.05, 3.63) is 77.7 Å². The number of amides is 1. The molecule has 7 heteroatoms. The molecule has 1 N–H and O–H groups in total. The maximum atomic E-state index is 13.4. The van der Waals surface area contributed by atoms with Gasteiger partial charge in [0.05, 0.1) is 24.5 Å². The molecule has 0 atom stereocenters. The van der Waals surface area contributed by atoms with Crippen LogP contribution in [0.4, 0.5) is 4.39 Å².